The van der Waals surface area contributed by atoms with Gasteiger partial charge in [-0.3, -0.25) is 9.36 Å². The Balaban J connectivity index is 1.25. The second kappa shape index (κ2) is 11.5. The van der Waals surface area contributed by atoms with Crippen LogP contribution in [0.25, 0.3) is 28.1 Å². The fourth-order valence-corrected chi connectivity index (χ4v) is 5.30. The molecule has 0 radical (unpaired) electrons. The lowest BCUT2D eigenvalue weighted by molar-refractivity contribution is -0.139. The summed E-state index contributed by atoms with van der Waals surface area (Å²) in [5.74, 6) is -0.529. The molecule has 1 aliphatic rings. The van der Waals surface area contributed by atoms with Crippen molar-refractivity contribution < 1.29 is 26.9 Å². The third-order valence-electron chi connectivity index (χ3n) is 7.37. The van der Waals surface area contributed by atoms with Gasteiger partial charge in [0.25, 0.3) is 5.91 Å². The Hall–Kier alpha value is -4.72. The molecule has 1 amide bonds. The van der Waals surface area contributed by atoms with Gasteiger partial charge in [0.05, 0.1) is 36.3 Å². The standard InChI is InChI=1S/C29H28F4N8O2/c1-39-11-10-22(20(30)15-39)36-21-8-5-9-23-19(21)12-24(40(23)16-29(31,32)33)27-37-26(43-38-27)14-35-28(42)25-13-34-17-41(25)18-6-3-2-4-7-18/h2-9,12-13,17,20,22,36H,10-11,14-16H2,1H3,(H,35,42)/t20-,22+/m0/s1. The van der Waals surface area contributed by atoms with Crippen LogP contribution in [0.5, 0.6) is 0 Å². The van der Waals surface area contributed by atoms with Crippen molar-refractivity contribution >= 4 is 22.5 Å². The number of alkyl halides is 4. The summed E-state index contributed by atoms with van der Waals surface area (Å²) in [5, 5.41) is 10.3. The van der Waals surface area contributed by atoms with E-state index in [0.717, 1.165) is 10.3 Å². The molecule has 0 saturated carbocycles. The third kappa shape index (κ3) is 6.09. The molecule has 5 aromatic rings. The highest BCUT2D eigenvalue weighted by Crippen LogP contribution is 2.35. The Labute approximate surface area is 243 Å². The number of nitrogens with one attached hydrogen (secondary N) is 2. The summed E-state index contributed by atoms with van der Waals surface area (Å²) in [6, 6.07) is 15.1. The summed E-state index contributed by atoms with van der Waals surface area (Å²) in [5.41, 5.74) is 1.90. The van der Waals surface area contributed by atoms with Crippen LogP contribution in [-0.4, -0.2) is 73.6 Å². The molecular formula is C29H28F4N8O2. The summed E-state index contributed by atoms with van der Waals surface area (Å²) >= 11 is 0. The number of carbonyl (C=O) groups excluding carboxylic acids is 1. The zero-order chi connectivity index (χ0) is 30.1. The molecule has 1 fully saturated rings. The molecule has 0 aliphatic carbocycles. The quantitative estimate of drug-likeness (QED) is 0.248. The molecule has 0 bridgehead atoms. The fourth-order valence-electron chi connectivity index (χ4n) is 5.30. The van der Waals surface area contributed by atoms with Gasteiger partial charge in [0.1, 0.15) is 18.4 Å². The van der Waals surface area contributed by atoms with Crippen molar-refractivity contribution in [3.05, 3.63) is 78.7 Å². The predicted octanol–water partition coefficient (Wildman–Crippen LogP) is 4.82. The zero-order valence-corrected chi connectivity index (χ0v) is 23.1. The number of carbonyl (C=O) groups is 1. The summed E-state index contributed by atoms with van der Waals surface area (Å²) in [7, 11) is 1.84. The first-order valence-corrected chi connectivity index (χ1v) is 13.6. The molecule has 0 spiro atoms. The van der Waals surface area contributed by atoms with Crippen LogP contribution in [0.4, 0.5) is 23.2 Å². The van der Waals surface area contributed by atoms with Gasteiger partial charge in [0.15, 0.2) is 0 Å². The highest BCUT2D eigenvalue weighted by atomic mass is 19.4. The first kappa shape index (κ1) is 28.4. The number of amides is 1. The fraction of sp³-hybridized carbons (Fsp3) is 0.310. The molecule has 4 heterocycles. The maximum Gasteiger partial charge on any atom is 0.406 e. The number of hydrogen-bond donors (Lipinski definition) is 2. The number of para-hydroxylation sites is 1. The molecule has 14 heteroatoms. The number of anilines is 1. The largest absolute Gasteiger partial charge is 0.406 e. The van der Waals surface area contributed by atoms with Gasteiger partial charge in [-0.2, -0.15) is 18.2 Å². The van der Waals surface area contributed by atoms with Crippen LogP contribution in [0.15, 0.2) is 71.6 Å². The monoisotopic (exact) mass is 596 g/mol. The Kier molecular flexibility index (Phi) is 7.61. The van der Waals surface area contributed by atoms with Crippen molar-refractivity contribution in [2.45, 2.75) is 37.9 Å². The van der Waals surface area contributed by atoms with Crippen LogP contribution in [0, 0.1) is 0 Å². The van der Waals surface area contributed by atoms with Gasteiger partial charge >= 0.3 is 6.18 Å². The predicted molar refractivity (Wildman–Crippen MR) is 150 cm³/mol. The van der Waals surface area contributed by atoms with E-state index in [-0.39, 0.29) is 41.7 Å². The molecule has 1 saturated heterocycles. The Morgan fingerprint density at radius 2 is 1.95 bits per heavy atom. The molecular weight excluding hydrogens is 568 g/mol. The average molecular weight is 597 g/mol. The summed E-state index contributed by atoms with van der Waals surface area (Å²) in [6.45, 7) is -0.485. The number of nitrogens with zero attached hydrogens (tertiary/aromatic N) is 6. The molecule has 43 heavy (non-hydrogen) atoms. The third-order valence-corrected chi connectivity index (χ3v) is 7.37. The van der Waals surface area contributed by atoms with Crippen molar-refractivity contribution in [2.24, 2.45) is 0 Å². The number of halogens is 4. The molecule has 224 valence electrons. The molecule has 10 nitrogen and oxygen atoms in total. The van der Waals surface area contributed by atoms with Crippen molar-refractivity contribution in [2.75, 3.05) is 25.5 Å². The maximum atomic E-state index is 14.8. The number of aromatic nitrogens is 5. The second-order valence-corrected chi connectivity index (χ2v) is 10.5. The summed E-state index contributed by atoms with van der Waals surface area (Å²) in [4.78, 5) is 23.1. The number of fused-ring (bicyclic) bond motifs is 1. The highest BCUT2D eigenvalue weighted by molar-refractivity contribution is 5.96. The van der Waals surface area contributed by atoms with Gasteiger partial charge in [-0.05, 0) is 43.8 Å². The molecule has 2 aromatic carbocycles. The number of likely N-dealkylation sites (tertiary alicyclic amines) is 1. The Morgan fingerprint density at radius 3 is 2.72 bits per heavy atom. The van der Waals surface area contributed by atoms with Gasteiger partial charge in [0.2, 0.25) is 11.7 Å². The van der Waals surface area contributed by atoms with Crippen LogP contribution in [0.1, 0.15) is 22.8 Å². The van der Waals surface area contributed by atoms with Crippen LogP contribution in [0.2, 0.25) is 0 Å². The molecule has 1 aliphatic heterocycles. The van der Waals surface area contributed by atoms with E-state index in [4.69, 9.17) is 4.52 Å². The van der Waals surface area contributed by atoms with Gasteiger partial charge in [-0.25, -0.2) is 9.37 Å². The van der Waals surface area contributed by atoms with Crippen molar-refractivity contribution in [1.29, 1.82) is 0 Å². The topological polar surface area (TPSA) is 106 Å². The number of benzene rings is 2. The first-order valence-electron chi connectivity index (χ1n) is 13.6. The van der Waals surface area contributed by atoms with Crippen molar-refractivity contribution in [1.82, 2.24) is 34.5 Å². The minimum atomic E-state index is -4.54. The molecule has 2 atom stereocenters. The van der Waals surface area contributed by atoms with Crippen LogP contribution >= 0.6 is 0 Å². The van der Waals surface area contributed by atoms with Crippen LogP contribution < -0.4 is 10.6 Å². The number of hydrogen-bond acceptors (Lipinski definition) is 7. The zero-order valence-electron chi connectivity index (χ0n) is 23.1. The second-order valence-electron chi connectivity index (χ2n) is 10.5. The molecule has 2 N–H and O–H groups in total. The van der Waals surface area contributed by atoms with Crippen LogP contribution in [0.3, 0.4) is 0 Å². The molecule has 0 unspecified atom stereocenters. The first-order chi connectivity index (χ1) is 20.7. The maximum absolute atomic E-state index is 14.8. The number of piperidine rings is 1. The number of rotatable bonds is 8. The molecule has 6 rings (SSSR count). The number of imidazole rings is 1. The summed E-state index contributed by atoms with van der Waals surface area (Å²) in [6.07, 6.45) is -2.19. The smallest absolute Gasteiger partial charge is 0.379 e. The van der Waals surface area contributed by atoms with Gasteiger partial charge in [-0.1, -0.05) is 29.4 Å². The van der Waals surface area contributed by atoms with Crippen LogP contribution in [-0.2, 0) is 13.1 Å². The lowest BCUT2D eigenvalue weighted by Crippen LogP contribution is -2.46. The van der Waals surface area contributed by atoms with E-state index in [2.05, 4.69) is 25.8 Å². The Morgan fingerprint density at radius 1 is 1.14 bits per heavy atom. The normalized spacial score (nSPS) is 17.8. The SMILES string of the molecule is CN1CC[C@@H](Nc2cccc3c2cc(-c2noc(CNC(=O)c4cncn4-c4ccccc4)n2)n3CC(F)(F)F)[C@@H](F)C1. The van der Waals surface area contributed by atoms with Crippen molar-refractivity contribution in [3.8, 4) is 17.2 Å². The van der Waals surface area contributed by atoms with E-state index in [1.54, 1.807) is 22.8 Å². The van der Waals surface area contributed by atoms with Gasteiger partial charge in [0, 0.05) is 29.9 Å². The van der Waals surface area contributed by atoms with E-state index >= 15 is 0 Å². The minimum Gasteiger partial charge on any atom is -0.379 e. The van der Waals surface area contributed by atoms with E-state index < -0.39 is 30.8 Å². The van der Waals surface area contributed by atoms with E-state index in [0.29, 0.717) is 24.0 Å². The van der Waals surface area contributed by atoms with Gasteiger partial charge < -0.3 is 24.6 Å². The average Bonchev–Trinajstić information content (AvgIpc) is 3.73. The van der Waals surface area contributed by atoms with Gasteiger partial charge in [-0.15, -0.1) is 0 Å². The van der Waals surface area contributed by atoms with E-state index in [9.17, 15) is 22.4 Å². The highest BCUT2D eigenvalue weighted by Gasteiger charge is 2.32. The Bertz CT molecular complexity index is 1730. The van der Waals surface area contributed by atoms with E-state index in [1.165, 1.54) is 18.6 Å². The summed E-state index contributed by atoms with van der Waals surface area (Å²) < 4.78 is 63.8. The lowest BCUT2D eigenvalue weighted by atomic mass is 10.0. The minimum absolute atomic E-state index is 0.00267. The van der Waals surface area contributed by atoms with Crippen molar-refractivity contribution in [3.63, 3.8) is 0 Å². The molecule has 3 aromatic heterocycles. The van der Waals surface area contributed by atoms with E-state index in [1.807, 2.05) is 42.3 Å². The lowest BCUT2D eigenvalue weighted by Gasteiger charge is -2.33.